The molecule has 1 aromatic rings. The summed E-state index contributed by atoms with van der Waals surface area (Å²) in [6.07, 6.45) is 0. The second-order valence-electron chi connectivity index (χ2n) is 4.41. The van der Waals surface area contributed by atoms with Crippen LogP contribution in [0.1, 0.15) is 26.3 Å². The highest BCUT2D eigenvalue weighted by Gasteiger charge is 2.22. The summed E-state index contributed by atoms with van der Waals surface area (Å²) in [5.41, 5.74) is 0.261. The van der Waals surface area contributed by atoms with Crippen molar-refractivity contribution in [1.29, 1.82) is 5.26 Å². The fourth-order valence-corrected chi connectivity index (χ4v) is 3.14. The van der Waals surface area contributed by atoms with Gasteiger partial charge in [-0.15, -0.1) is 0 Å². The van der Waals surface area contributed by atoms with E-state index in [4.69, 9.17) is 16.9 Å². The van der Waals surface area contributed by atoms with Crippen LogP contribution in [-0.2, 0) is 10.0 Å². The lowest BCUT2D eigenvalue weighted by atomic mass is 10.1. The number of sulfonamides is 1. The van der Waals surface area contributed by atoms with Crippen LogP contribution in [0, 0.1) is 17.2 Å². The molecule has 1 rings (SSSR count). The van der Waals surface area contributed by atoms with E-state index in [1.165, 1.54) is 18.2 Å². The molecule has 1 unspecified atom stereocenters. The molecule has 6 heteroatoms. The van der Waals surface area contributed by atoms with Crippen molar-refractivity contribution in [3.05, 3.63) is 28.8 Å². The average molecular weight is 287 g/mol. The molecule has 0 radical (unpaired) electrons. The molecular formula is C12H15ClN2O2S. The Kier molecular flexibility index (Phi) is 4.74. The lowest BCUT2D eigenvalue weighted by Crippen LogP contribution is -2.36. The predicted molar refractivity (Wildman–Crippen MR) is 70.8 cm³/mol. The SMILES string of the molecule is CC(C)C(C)NS(=O)(=O)c1cc(C#N)ccc1Cl. The van der Waals surface area contributed by atoms with Crippen LogP contribution in [0.4, 0.5) is 0 Å². The molecule has 0 amide bonds. The van der Waals surface area contributed by atoms with Crippen LogP contribution in [-0.4, -0.2) is 14.5 Å². The number of nitrogens with one attached hydrogen (secondary N) is 1. The van der Waals surface area contributed by atoms with Crippen molar-refractivity contribution < 1.29 is 8.42 Å². The third-order valence-corrected chi connectivity index (χ3v) is 4.73. The number of nitriles is 1. The lowest BCUT2D eigenvalue weighted by molar-refractivity contribution is 0.476. The molecule has 98 valence electrons. The molecule has 0 aliphatic heterocycles. The maximum Gasteiger partial charge on any atom is 0.242 e. The average Bonchev–Trinajstić information content (AvgIpc) is 2.28. The number of halogens is 1. The highest BCUT2D eigenvalue weighted by atomic mass is 35.5. The fraction of sp³-hybridized carbons (Fsp3) is 0.417. The quantitative estimate of drug-likeness (QED) is 0.924. The van der Waals surface area contributed by atoms with E-state index in [0.29, 0.717) is 0 Å². The Morgan fingerprint density at radius 3 is 2.44 bits per heavy atom. The van der Waals surface area contributed by atoms with E-state index in [1.807, 2.05) is 19.9 Å². The zero-order valence-electron chi connectivity index (χ0n) is 10.4. The Morgan fingerprint density at radius 1 is 1.33 bits per heavy atom. The standard InChI is InChI=1S/C12H15ClN2O2S/c1-8(2)9(3)15-18(16,17)12-6-10(7-14)4-5-11(12)13/h4-6,8-9,15H,1-3H3. The predicted octanol–water partition coefficient (Wildman–Crippen LogP) is 2.53. The van der Waals surface area contributed by atoms with Crippen LogP contribution >= 0.6 is 11.6 Å². The van der Waals surface area contributed by atoms with E-state index in [-0.39, 0.29) is 27.4 Å². The third kappa shape index (κ3) is 3.45. The van der Waals surface area contributed by atoms with Gasteiger partial charge in [-0.3, -0.25) is 0 Å². The van der Waals surface area contributed by atoms with Crippen molar-refractivity contribution in [2.45, 2.75) is 31.7 Å². The molecule has 0 spiro atoms. The van der Waals surface area contributed by atoms with Crippen molar-refractivity contribution >= 4 is 21.6 Å². The van der Waals surface area contributed by atoms with Crippen LogP contribution in [0.2, 0.25) is 5.02 Å². The molecule has 1 atom stereocenters. The first-order valence-corrected chi connectivity index (χ1v) is 7.36. The summed E-state index contributed by atoms with van der Waals surface area (Å²) in [6.45, 7) is 5.62. The van der Waals surface area contributed by atoms with Gasteiger partial charge in [0.2, 0.25) is 10.0 Å². The number of benzene rings is 1. The molecule has 0 aliphatic rings. The summed E-state index contributed by atoms with van der Waals surface area (Å²) >= 11 is 5.87. The molecule has 0 heterocycles. The van der Waals surface area contributed by atoms with Crippen molar-refractivity contribution in [3.8, 4) is 6.07 Å². The van der Waals surface area contributed by atoms with Crippen LogP contribution in [0.25, 0.3) is 0 Å². The van der Waals surface area contributed by atoms with Gasteiger partial charge in [0.15, 0.2) is 0 Å². The molecule has 1 N–H and O–H groups in total. The molecule has 0 saturated heterocycles. The minimum absolute atomic E-state index is 0.0595. The van der Waals surface area contributed by atoms with Crippen molar-refractivity contribution in [1.82, 2.24) is 4.72 Å². The van der Waals surface area contributed by atoms with Gasteiger partial charge in [0.05, 0.1) is 16.7 Å². The minimum Gasteiger partial charge on any atom is -0.208 e. The molecule has 4 nitrogen and oxygen atoms in total. The van der Waals surface area contributed by atoms with Gasteiger partial charge in [-0.1, -0.05) is 25.4 Å². The van der Waals surface area contributed by atoms with E-state index in [2.05, 4.69) is 4.72 Å². The summed E-state index contributed by atoms with van der Waals surface area (Å²) in [5.74, 6) is 0.165. The number of rotatable bonds is 4. The number of hydrogen-bond donors (Lipinski definition) is 1. The Bertz CT molecular complexity index is 576. The minimum atomic E-state index is -3.70. The molecule has 18 heavy (non-hydrogen) atoms. The summed E-state index contributed by atoms with van der Waals surface area (Å²) in [5, 5.41) is 8.89. The monoisotopic (exact) mass is 286 g/mol. The molecule has 1 aromatic carbocycles. The van der Waals surface area contributed by atoms with E-state index in [9.17, 15) is 8.42 Å². The highest BCUT2D eigenvalue weighted by molar-refractivity contribution is 7.89. The summed E-state index contributed by atoms with van der Waals surface area (Å²) in [4.78, 5) is -0.0595. The largest absolute Gasteiger partial charge is 0.242 e. The fourth-order valence-electron chi connectivity index (χ4n) is 1.22. The third-order valence-electron chi connectivity index (χ3n) is 2.69. The Hall–Kier alpha value is -1.09. The van der Waals surface area contributed by atoms with Crippen LogP contribution in [0.5, 0.6) is 0 Å². The van der Waals surface area contributed by atoms with Gasteiger partial charge in [0.1, 0.15) is 4.90 Å². The van der Waals surface area contributed by atoms with Gasteiger partial charge < -0.3 is 0 Å². The topological polar surface area (TPSA) is 70.0 Å². The number of nitrogens with zero attached hydrogens (tertiary/aromatic N) is 1. The molecule has 0 aromatic heterocycles. The normalized spacial score (nSPS) is 13.3. The van der Waals surface area contributed by atoms with Crippen molar-refractivity contribution in [3.63, 3.8) is 0 Å². The maximum absolute atomic E-state index is 12.1. The first-order chi connectivity index (χ1) is 8.27. The van der Waals surface area contributed by atoms with Gasteiger partial charge in [-0.05, 0) is 31.0 Å². The lowest BCUT2D eigenvalue weighted by Gasteiger charge is -2.18. The van der Waals surface area contributed by atoms with E-state index >= 15 is 0 Å². The van der Waals surface area contributed by atoms with Crippen molar-refractivity contribution in [2.75, 3.05) is 0 Å². The van der Waals surface area contributed by atoms with Crippen LogP contribution in [0.15, 0.2) is 23.1 Å². The van der Waals surface area contributed by atoms with Crippen LogP contribution in [0.3, 0.4) is 0 Å². The van der Waals surface area contributed by atoms with Gasteiger partial charge in [-0.2, -0.15) is 5.26 Å². The summed E-state index contributed by atoms with van der Waals surface area (Å²) in [7, 11) is -3.70. The zero-order chi connectivity index (χ0) is 13.9. The molecule has 0 aliphatic carbocycles. The smallest absolute Gasteiger partial charge is 0.208 e. The maximum atomic E-state index is 12.1. The Balaban J connectivity index is 3.17. The first kappa shape index (κ1) is 15.0. The van der Waals surface area contributed by atoms with Crippen molar-refractivity contribution in [2.24, 2.45) is 5.92 Å². The molecule has 0 bridgehead atoms. The van der Waals surface area contributed by atoms with Gasteiger partial charge in [-0.25, -0.2) is 13.1 Å². The molecule has 0 saturated carbocycles. The highest BCUT2D eigenvalue weighted by Crippen LogP contribution is 2.23. The first-order valence-electron chi connectivity index (χ1n) is 5.50. The molecule has 0 fully saturated rings. The second-order valence-corrected chi connectivity index (χ2v) is 6.50. The van der Waals surface area contributed by atoms with Gasteiger partial charge >= 0.3 is 0 Å². The van der Waals surface area contributed by atoms with E-state index < -0.39 is 10.0 Å². The second kappa shape index (κ2) is 5.70. The van der Waals surface area contributed by atoms with Crippen LogP contribution < -0.4 is 4.72 Å². The number of hydrogen-bond acceptors (Lipinski definition) is 3. The summed E-state index contributed by atoms with van der Waals surface area (Å²) in [6, 6.07) is 5.85. The van der Waals surface area contributed by atoms with Gasteiger partial charge in [0, 0.05) is 6.04 Å². The van der Waals surface area contributed by atoms with Gasteiger partial charge in [0.25, 0.3) is 0 Å². The zero-order valence-corrected chi connectivity index (χ0v) is 12.0. The Morgan fingerprint density at radius 2 is 1.94 bits per heavy atom. The Labute approximate surface area is 113 Å². The van der Waals surface area contributed by atoms with E-state index in [0.717, 1.165) is 0 Å². The summed E-state index contributed by atoms with van der Waals surface area (Å²) < 4.78 is 26.8. The molecular weight excluding hydrogens is 272 g/mol. The van der Waals surface area contributed by atoms with E-state index in [1.54, 1.807) is 6.92 Å².